The van der Waals surface area contributed by atoms with Gasteiger partial charge in [0.1, 0.15) is 0 Å². The summed E-state index contributed by atoms with van der Waals surface area (Å²) in [6.45, 7) is 9.99. The number of anilines is 2. The quantitative estimate of drug-likeness (QED) is 0.826. The minimum atomic E-state index is -0.670. The molecule has 0 unspecified atom stereocenters. The number of nitrogens with one attached hydrogen (secondary N) is 2. The molecule has 0 aromatic heterocycles. The molecule has 4 heteroatoms. The van der Waals surface area contributed by atoms with Gasteiger partial charge in [-0.2, -0.15) is 0 Å². The van der Waals surface area contributed by atoms with Gasteiger partial charge in [-0.05, 0) is 61.1 Å². The monoisotopic (exact) mass is 324 g/mol. The van der Waals surface area contributed by atoms with E-state index in [9.17, 15) is 9.59 Å². The molecule has 0 saturated carbocycles. The maximum absolute atomic E-state index is 12.3. The molecule has 24 heavy (non-hydrogen) atoms. The van der Waals surface area contributed by atoms with Gasteiger partial charge in [-0.25, -0.2) is 0 Å². The van der Waals surface area contributed by atoms with Crippen molar-refractivity contribution in [2.75, 3.05) is 10.6 Å². The van der Waals surface area contributed by atoms with E-state index >= 15 is 0 Å². The number of carbonyl (C=O) groups is 2. The van der Waals surface area contributed by atoms with E-state index in [4.69, 9.17) is 0 Å². The summed E-state index contributed by atoms with van der Waals surface area (Å²) >= 11 is 0. The van der Waals surface area contributed by atoms with Crippen LogP contribution >= 0.6 is 0 Å². The first-order valence-electron chi connectivity index (χ1n) is 8.08. The number of hydrogen-bond donors (Lipinski definition) is 2. The van der Waals surface area contributed by atoms with Gasteiger partial charge < -0.3 is 10.6 Å². The lowest BCUT2D eigenvalue weighted by Crippen LogP contribution is -2.29. The summed E-state index contributed by atoms with van der Waals surface area (Å²) in [4.78, 5) is 24.5. The molecule has 0 radical (unpaired) electrons. The lowest BCUT2D eigenvalue weighted by Gasteiger charge is -2.16. The topological polar surface area (TPSA) is 58.2 Å². The Hall–Kier alpha value is -2.62. The van der Waals surface area contributed by atoms with Crippen molar-refractivity contribution >= 4 is 23.2 Å². The molecule has 0 aliphatic rings. The highest BCUT2D eigenvalue weighted by atomic mass is 16.2. The van der Waals surface area contributed by atoms with E-state index in [1.54, 1.807) is 6.07 Å². The minimum Gasteiger partial charge on any atom is -0.318 e. The van der Waals surface area contributed by atoms with Gasteiger partial charge in [-0.3, -0.25) is 9.59 Å². The maximum Gasteiger partial charge on any atom is 0.314 e. The average molecular weight is 324 g/mol. The van der Waals surface area contributed by atoms with Crippen molar-refractivity contribution < 1.29 is 9.59 Å². The Labute approximate surface area is 143 Å². The Balaban J connectivity index is 2.15. The second-order valence-corrected chi connectivity index (χ2v) is 6.40. The van der Waals surface area contributed by atoms with Crippen LogP contribution in [-0.2, 0) is 9.59 Å². The number of rotatable bonds is 3. The Morgan fingerprint density at radius 3 is 2.12 bits per heavy atom. The molecular formula is C20H24N2O2. The summed E-state index contributed by atoms with van der Waals surface area (Å²) < 4.78 is 0. The highest BCUT2D eigenvalue weighted by Crippen LogP contribution is 2.27. The number of benzene rings is 2. The van der Waals surface area contributed by atoms with Crippen molar-refractivity contribution in [1.29, 1.82) is 0 Å². The van der Waals surface area contributed by atoms with Crippen LogP contribution in [0.15, 0.2) is 36.4 Å². The zero-order chi connectivity index (χ0) is 17.9. The van der Waals surface area contributed by atoms with Crippen molar-refractivity contribution in [3.05, 3.63) is 58.7 Å². The van der Waals surface area contributed by atoms with Gasteiger partial charge in [0, 0.05) is 11.4 Å². The second-order valence-electron chi connectivity index (χ2n) is 6.40. The lowest BCUT2D eigenvalue weighted by molar-refractivity contribution is -0.133. The standard InChI is InChI=1S/C20H24N2O2/c1-12(2)17-8-6-7-14(4)18(17)22-20(24)19(23)21-16-10-9-13(3)15(5)11-16/h6-12H,1-5H3,(H,21,23)(H,22,24). The minimum absolute atomic E-state index is 0.253. The van der Waals surface area contributed by atoms with Gasteiger partial charge in [0.2, 0.25) is 0 Å². The Kier molecular flexibility index (Phi) is 5.39. The van der Waals surface area contributed by atoms with Crippen molar-refractivity contribution in [3.63, 3.8) is 0 Å². The van der Waals surface area contributed by atoms with Crippen LogP contribution in [0.1, 0.15) is 42.0 Å². The van der Waals surface area contributed by atoms with Gasteiger partial charge in [0.15, 0.2) is 0 Å². The molecule has 2 aromatic carbocycles. The van der Waals surface area contributed by atoms with E-state index < -0.39 is 11.8 Å². The van der Waals surface area contributed by atoms with Crippen LogP contribution in [0, 0.1) is 20.8 Å². The molecule has 0 spiro atoms. The van der Waals surface area contributed by atoms with E-state index in [1.807, 2.05) is 51.1 Å². The van der Waals surface area contributed by atoms with Crippen LogP contribution in [0.5, 0.6) is 0 Å². The predicted octanol–water partition coefficient (Wildman–Crippen LogP) is 4.31. The van der Waals surface area contributed by atoms with Crippen LogP contribution < -0.4 is 10.6 Å². The zero-order valence-electron chi connectivity index (χ0n) is 14.9. The summed E-state index contributed by atoms with van der Waals surface area (Å²) in [5.41, 5.74) is 5.49. The van der Waals surface area contributed by atoms with E-state index in [1.165, 1.54) is 0 Å². The number of aryl methyl sites for hydroxylation is 3. The van der Waals surface area contributed by atoms with E-state index in [0.29, 0.717) is 11.4 Å². The molecule has 126 valence electrons. The van der Waals surface area contributed by atoms with Crippen molar-refractivity contribution in [2.45, 2.75) is 40.5 Å². The first kappa shape index (κ1) is 17.7. The molecule has 2 aromatic rings. The molecule has 2 rings (SSSR count). The highest BCUT2D eigenvalue weighted by molar-refractivity contribution is 6.43. The highest BCUT2D eigenvalue weighted by Gasteiger charge is 2.18. The fraction of sp³-hybridized carbons (Fsp3) is 0.300. The molecule has 2 N–H and O–H groups in total. The van der Waals surface area contributed by atoms with Gasteiger partial charge >= 0.3 is 11.8 Å². The average Bonchev–Trinajstić information content (AvgIpc) is 2.52. The Bertz CT molecular complexity index is 779. The molecule has 2 amide bonds. The summed E-state index contributed by atoms with van der Waals surface area (Å²) in [5.74, 6) is -1.08. The summed E-state index contributed by atoms with van der Waals surface area (Å²) in [5, 5.41) is 5.40. The Morgan fingerprint density at radius 2 is 1.50 bits per heavy atom. The zero-order valence-corrected chi connectivity index (χ0v) is 14.9. The maximum atomic E-state index is 12.3. The Morgan fingerprint density at radius 1 is 0.833 bits per heavy atom. The molecule has 0 aliphatic carbocycles. The molecule has 4 nitrogen and oxygen atoms in total. The molecule has 0 aliphatic heterocycles. The molecule has 0 fully saturated rings. The van der Waals surface area contributed by atoms with Gasteiger partial charge in [-0.15, -0.1) is 0 Å². The fourth-order valence-corrected chi connectivity index (χ4v) is 2.52. The first-order valence-corrected chi connectivity index (χ1v) is 8.08. The number of para-hydroxylation sites is 1. The summed E-state index contributed by atoms with van der Waals surface area (Å²) in [6, 6.07) is 11.4. The SMILES string of the molecule is Cc1ccc(NC(=O)C(=O)Nc2c(C)cccc2C(C)C)cc1C. The lowest BCUT2D eigenvalue weighted by atomic mass is 9.98. The van der Waals surface area contributed by atoms with Crippen LogP contribution in [0.3, 0.4) is 0 Å². The first-order chi connectivity index (χ1) is 11.3. The number of amides is 2. The summed E-state index contributed by atoms with van der Waals surface area (Å²) in [6.07, 6.45) is 0. The molecular weight excluding hydrogens is 300 g/mol. The predicted molar refractivity (Wildman–Crippen MR) is 98.4 cm³/mol. The van der Waals surface area contributed by atoms with E-state index in [2.05, 4.69) is 24.5 Å². The normalized spacial score (nSPS) is 10.6. The van der Waals surface area contributed by atoms with Crippen molar-refractivity contribution in [3.8, 4) is 0 Å². The molecule has 0 bridgehead atoms. The number of carbonyl (C=O) groups excluding carboxylic acids is 2. The van der Waals surface area contributed by atoms with Crippen LogP contribution in [0.2, 0.25) is 0 Å². The molecule has 0 atom stereocenters. The molecule has 0 heterocycles. The second kappa shape index (κ2) is 7.30. The fourth-order valence-electron chi connectivity index (χ4n) is 2.52. The van der Waals surface area contributed by atoms with Gasteiger partial charge in [-0.1, -0.05) is 38.1 Å². The van der Waals surface area contributed by atoms with Crippen molar-refractivity contribution in [1.82, 2.24) is 0 Å². The van der Waals surface area contributed by atoms with Gasteiger partial charge in [0.05, 0.1) is 0 Å². The number of hydrogen-bond acceptors (Lipinski definition) is 2. The summed E-state index contributed by atoms with van der Waals surface area (Å²) in [7, 11) is 0. The third-order valence-corrected chi connectivity index (χ3v) is 4.14. The van der Waals surface area contributed by atoms with E-state index in [0.717, 1.165) is 22.3 Å². The van der Waals surface area contributed by atoms with Crippen LogP contribution in [-0.4, -0.2) is 11.8 Å². The van der Waals surface area contributed by atoms with E-state index in [-0.39, 0.29) is 5.92 Å². The van der Waals surface area contributed by atoms with Crippen molar-refractivity contribution in [2.24, 2.45) is 0 Å². The molecule has 0 saturated heterocycles. The third kappa shape index (κ3) is 4.02. The van der Waals surface area contributed by atoms with Crippen LogP contribution in [0.4, 0.5) is 11.4 Å². The third-order valence-electron chi connectivity index (χ3n) is 4.14. The largest absolute Gasteiger partial charge is 0.318 e. The smallest absolute Gasteiger partial charge is 0.314 e. The van der Waals surface area contributed by atoms with Gasteiger partial charge in [0.25, 0.3) is 0 Å². The van der Waals surface area contributed by atoms with Crippen LogP contribution in [0.25, 0.3) is 0 Å².